The Balaban J connectivity index is 2.26. The third-order valence-corrected chi connectivity index (χ3v) is 4.60. The van der Waals surface area contributed by atoms with Crippen LogP contribution in [-0.2, 0) is 0 Å². The van der Waals surface area contributed by atoms with Gasteiger partial charge >= 0.3 is 0 Å². The van der Waals surface area contributed by atoms with Gasteiger partial charge in [-0.1, -0.05) is 56.1 Å². The van der Waals surface area contributed by atoms with Crippen molar-refractivity contribution in [2.75, 3.05) is 0 Å². The molecule has 6 heteroatoms. The number of rotatable bonds is 5. The highest BCUT2D eigenvalue weighted by Gasteiger charge is 2.31. The van der Waals surface area contributed by atoms with Crippen LogP contribution < -0.4 is 0 Å². The number of hydrogen-bond acceptors (Lipinski definition) is 3. The molecular formula is C18H23Cl2N3O. The first-order valence-corrected chi connectivity index (χ1v) is 8.60. The molecule has 130 valence electrons. The minimum atomic E-state index is -0.566. The second-order valence-electron chi connectivity index (χ2n) is 7.00. The maximum Gasteiger partial charge on any atom is 0.137 e. The lowest BCUT2D eigenvalue weighted by Crippen LogP contribution is -2.35. The number of aliphatic hydroxyl groups excluding tert-OH is 1. The van der Waals surface area contributed by atoms with Crippen LogP contribution in [0.5, 0.6) is 0 Å². The van der Waals surface area contributed by atoms with Gasteiger partial charge in [-0.3, -0.25) is 0 Å². The smallest absolute Gasteiger partial charge is 0.137 e. The SMILES string of the molecule is C/C(=C\CC(C(O)C(C)(C)C)n1cncn1)c1ccc(Cl)cc1Cl. The van der Waals surface area contributed by atoms with E-state index in [9.17, 15) is 5.11 Å². The van der Waals surface area contributed by atoms with E-state index in [1.807, 2.05) is 39.8 Å². The van der Waals surface area contributed by atoms with Gasteiger partial charge in [0.15, 0.2) is 0 Å². The highest BCUT2D eigenvalue weighted by molar-refractivity contribution is 6.35. The Kier molecular flexibility index (Phi) is 6.07. The van der Waals surface area contributed by atoms with Gasteiger partial charge in [0.2, 0.25) is 0 Å². The number of aromatic nitrogens is 3. The van der Waals surface area contributed by atoms with E-state index >= 15 is 0 Å². The van der Waals surface area contributed by atoms with Gasteiger partial charge in [0.25, 0.3) is 0 Å². The fourth-order valence-corrected chi connectivity index (χ4v) is 3.12. The van der Waals surface area contributed by atoms with Gasteiger partial charge in [0.1, 0.15) is 12.7 Å². The van der Waals surface area contributed by atoms with Crippen LogP contribution >= 0.6 is 23.2 Å². The molecule has 0 aliphatic heterocycles. The largest absolute Gasteiger partial charge is 0.390 e. The Labute approximate surface area is 153 Å². The molecule has 0 saturated carbocycles. The van der Waals surface area contributed by atoms with Crippen molar-refractivity contribution in [3.05, 3.63) is 52.5 Å². The van der Waals surface area contributed by atoms with Crippen LogP contribution in [0.25, 0.3) is 5.57 Å². The average Bonchev–Trinajstić information content (AvgIpc) is 3.00. The highest BCUT2D eigenvalue weighted by atomic mass is 35.5. The summed E-state index contributed by atoms with van der Waals surface area (Å²) in [5.74, 6) is 0. The molecule has 4 nitrogen and oxygen atoms in total. The Morgan fingerprint density at radius 3 is 2.58 bits per heavy atom. The van der Waals surface area contributed by atoms with Crippen LogP contribution in [-0.4, -0.2) is 26.0 Å². The maximum atomic E-state index is 10.7. The van der Waals surface area contributed by atoms with E-state index in [1.165, 1.54) is 6.33 Å². The molecule has 24 heavy (non-hydrogen) atoms. The molecule has 0 aliphatic rings. The van der Waals surface area contributed by atoms with E-state index in [0.29, 0.717) is 16.5 Å². The van der Waals surface area contributed by atoms with Crippen molar-refractivity contribution in [1.82, 2.24) is 14.8 Å². The van der Waals surface area contributed by atoms with Crippen LogP contribution in [0.4, 0.5) is 0 Å². The van der Waals surface area contributed by atoms with Crippen molar-refractivity contribution < 1.29 is 5.11 Å². The molecule has 0 fully saturated rings. The first-order chi connectivity index (χ1) is 11.2. The molecule has 0 bridgehead atoms. The van der Waals surface area contributed by atoms with Crippen molar-refractivity contribution in [3.63, 3.8) is 0 Å². The normalized spacial score (nSPS) is 15.4. The predicted octanol–water partition coefficient (Wildman–Crippen LogP) is 5.03. The summed E-state index contributed by atoms with van der Waals surface area (Å²) in [7, 11) is 0. The van der Waals surface area contributed by atoms with Crippen molar-refractivity contribution in [3.8, 4) is 0 Å². The minimum Gasteiger partial charge on any atom is -0.390 e. The van der Waals surface area contributed by atoms with Crippen molar-refractivity contribution in [1.29, 1.82) is 0 Å². The fourth-order valence-electron chi connectivity index (χ4n) is 2.56. The standard InChI is InChI=1S/C18H23Cl2N3O/c1-12(14-7-6-13(19)9-15(14)20)5-8-16(17(24)18(2,3)4)23-11-21-10-22-23/h5-7,9-11,16-17,24H,8H2,1-4H3/b12-5+. The number of allylic oxidation sites excluding steroid dienone is 2. The van der Waals surface area contributed by atoms with Gasteiger partial charge in [-0.15, -0.1) is 0 Å². The molecule has 1 N–H and O–H groups in total. The molecule has 2 atom stereocenters. The Bertz CT molecular complexity index is 706. The van der Waals surface area contributed by atoms with E-state index in [4.69, 9.17) is 23.2 Å². The number of benzene rings is 1. The molecule has 1 heterocycles. The first kappa shape index (κ1) is 19.0. The molecule has 2 rings (SSSR count). The van der Waals surface area contributed by atoms with Crippen LogP contribution in [0.3, 0.4) is 0 Å². The van der Waals surface area contributed by atoms with Gasteiger partial charge in [0, 0.05) is 10.0 Å². The Hall–Kier alpha value is -1.36. The van der Waals surface area contributed by atoms with E-state index in [1.54, 1.807) is 17.1 Å². The molecule has 2 unspecified atom stereocenters. The number of nitrogens with zero attached hydrogens (tertiary/aromatic N) is 3. The summed E-state index contributed by atoms with van der Waals surface area (Å²) < 4.78 is 1.71. The van der Waals surface area contributed by atoms with E-state index in [-0.39, 0.29) is 11.5 Å². The molecule has 0 radical (unpaired) electrons. The minimum absolute atomic E-state index is 0.200. The lowest BCUT2D eigenvalue weighted by Gasteiger charge is -2.32. The molecular weight excluding hydrogens is 345 g/mol. The lowest BCUT2D eigenvalue weighted by molar-refractivity contribution is 0.0134. The van der Waals surface area contributed by atoms with Gasteiger partial charge < -0.3 is 5.11 Å². The summed E-state index contributed by atoms with van der Waals surface area (Å²) in [5, 5.41) is 16.2. The molecule has 2 aromatic rings. The Morgan fingerprint density at radius 2 is 2.04 bits per heavy atom. The topological polar surface area (TPSA) is 50.9 Å². The van der Waals surface area contributed by atoms with Crippen LogP contribution in [0.2, 0.25) is 10.0 Å². The zero-order chi connectivity index (χ0) is 17.9. The number of halogens is 2. The maximum absolute atomic E-state index is 10.7. The summed E-state index contributed by atoms with van der Waals surface area (Å²) >= 11 is 12.2. The monoisotopic (exact) mass is 367 g/mol. The van der Waals surface area contributed by atoms with E-state index in [0.717, 1.165) is 11.1 Å². The molecule has 0 aliphatic carbocycles. The third kappa shape index (κ3) is 4.59. The third-order valence-electron chi connectivity index (χ3n) is 4.05. The molecule has 1 aromatic carbocycles. The summed E-state index contributed by atoms with van der Waals surface area (Å²) in [6, 6.07) is 5.25. The van der Waals surface area contributed by atoms with Crippen LogP contribution in [0.15, 0.2) is 36.9 Å². The zero-order valence-corrected chi connectivity index (χ0v) is 15.9. The fraction of sp³-hybridized carbons (Fsp3) is 0.444. The van der Waals surface area contributed by atoms with Crippen molar-refractivity contribution >= 4 is 28.8 Å². The summed E-state index contributed by atoms with van der Waals surface area (Å²) in [4.78, 5) is 4.00. The van der Waals surface area contributed by atoms with Gasteiger partial charge in [-0.05, 0) is 42.0 Å². The summed E-state index contributed by atoms with van der Waals surface area (Å²) in [6.45, 7) is 8.02. The number of hydrogen-bond donors (Lipinski definition) is 1. The van der Waals surface area contributed by atoms with E-state index in [2.05, 4.69) is 16.2 Å². The highest BCUT2D eigenvalue weighted by Crippen LogP contribution is 2.32. The van der Waals surface area contributed by atoms with Gasteiger partial charge in [-0.25, -0.2) is 9.67 Å². The number of aliphatic hydroxyl groups is 1. The van der Waals surface area contributed by atoms with Crippen LogP contribution in [0, 0.1) is 5.41 Å². The van der Waals surface area contributed by atoms with Crippen molar-refractivity contribution in [2.45, 2.75) is 46.3 Å². The lowest BCUT2D eigenvalue weighted by atomic mass is 9.83. The van der Waals surface area contributed by atoms with Gasteiger partial charge in [0.05, 0.1) is 12.1 Å². The Morgan fingerprint density at radius 1 is 1.33 bits per heavy atom. The van der Waals surface area contributed by atoms with Gasteiger partial charge in [-0.2, -0.15) is 5.10 Å². The molecule has 0 saturated heterocycles. The second kappa shape index (κ2) is 7.68. The van der Waals surface area contributed by atoms with Crippen molar-refractivity contribution in [2.24, 2.45) is 5.41 Å². The van der Waals surface area contributed by atoms with E-state index < -0.39 is 6.10 Å². The second-order valence-corrected chi connectivity index (χ2v) is 7.84. The molecule has 0 spiro atoms. The summed E-state index contributed by atoms with van der Waals surface area (Å²) in [5.41, 5.74) is 1.70. The average molecular weight is 368 g/mol. The molecule has 0 amide bonds. The first-order valence-electron chi connectivity index (χ1n) is 7.84. The summed E-state index contributed by atoms with van der Waals surface area (Å²) in [6.07, 6.45) is 5.24. The molecule has 1 aromatic heterocycles. The predicted molar refractivity (Wildman–Crippen MR) is 99.3 cm³/mol. The van der Waals surface area contributed by atoms with Crippen LogP contribution in [0.1, 0.15) is 45.7 Å². The zero-order valence-electron chi connectivity index (χ0n) is 14.4. The quantitative estimate of drug-likeness (QED) is 0.806.